The Morgan fingerprint density at radius 3 is 3.00 bits per heavy atom. The lowest BCUT2D eigenvalue weighted by Gasteiger charge is -2.15. The van der Waals surface area contributed by atoms with Crippen LogP contribution in [-0.4, -0.2) is 34.2 Å². The second kappa shape index (κ2) is 4.35. The summed E-state index contributed by atoms with van der Waals surface area (Å²) in [4.78, 5) is 15.9. The number of aliphatic hydroxyl groups is 1. The van der Waals surface area contributed by atoms with E-state index < -0.39 is 11.0 Å². The molecule has 17 heavy (non-hydrogen) atoms. The lowest BCUT2D eigenvalue weighted by Crippen LogP contribution is -2.23. The Morgan fingerprint density at radius 2 is 2.47 bits per heavy atom. The van der Waals surface area contributed by atoms with Crippen LogP contribution in [-0.2, 0) is 0 Å². The zero-order valence-corrected chi connectivity index (χ0v) is 8.91. The van der Waals surface area contributed by atoms with E-state index in [1.165, 1.54) is 12.3 Å². The van der Waals surface area contributed by atoms with Crippen LogP contribution < -0.4 is 4.90 Å². The highest BCUT2D eigenvalue weighted by Crippen LogP contribution is 2.28. The minimum atomic E-state index is -0.562. The molecule has 2 heterocycles. The van der Waals surface area contributed by atoms with Gasteiger partial charge in [-0.15, -0.1) is 0 Å². The average Bonchev–Trinajstić information content (AvgIpc) is 2.75. The van der Waals surface area contributed by atoms with Crippen LogP contribution in [0.2, 0.25) is 0 Å². The fourth-order valence-corrected chi connectivity index (χ4v) is 1.82. The van der Waals surface area contributed by atoms with Crippen molar-refractivity contribution in [3.63, 3.8) is 0 Å². The first-order chi connectivity index (χ1) is 8.11. The van der Waals surface area contributed by atoms with E-state index in [0.29, 0.717) is 19.5 Å². The fourth-order valence-electron chi connectivity index (χ4n) is 1.82. The topological polar surface area (TPSA) is 103 Å². The maximum absolute atomic E-state index is 10.9. The maximum Gasteiger partial charge on any atom is 0.312 e. The molecule has 1 fully saturated rings. The molecule has 1 atom stereocenters. The second-order valence-corrected chi connectivity index (χ2v) is 3.82. The molecule has 1 aromatic rings. The first kappa shape index (κ1) is 11.3. The Morgan fingerprint density at radius 1 is 1.71 bits per heavy atom. The van der Waals surface area contributed by atoms with Gasteiger partial charge in [0.05, 0.1) is 16.6 Å². The molecule has 0 unspecified atom stereocenters. The molecule has 0 radical (unpaired) electrons. The maximum atomic E-state index is 10.9. The molecular weight excluding hydrogens is 224 g/mol. The number of nitro groups is 1. The predicted molar refractivity (Wildman–Crippen MR) is 58.4 cm³/mol. The van der Waals surface area contributed by atoms with Crippen molar-refractivity contribution in [2.75, 3.05) is 18.0 Å². The molecule has 1 aliphatic rings. The molecule has 0 amide bonds. The monoisotopic (exact) mass is 234 g/mol. The highest BCUT2D eigenvalue weighted by molar-refractivity contribution is 5.60. The van der Waals surface area contributed by atoms with Crippen molar-refractivity contribution in [3.05, 3.63) is 27.9 Å². The smallest absolute Gasteiger partial charge is 0.312 e. The molecule has 1 N–H and O–H groups in total. The lowest BCUT2D eigenvalue weighted by molar-refractivity contribution is -0.384. The van der Waals surface area contributed by atoms with Crippen LogP contribution >= 0.6 is 0 Å². The highest BCUT2D eigenvalue weighted by atomic mass is 16.6. The Labute approximate surface area is 97.1 Å². The summed E-state index contributed by atoms with van der Waals surface area (Å²) in [5.74, 6) is 0.213. The zero-order chi connectivity index (χ0) is 12.4. The molecule has 2 rings (SSSR count). The Hall–Kier alpha value is -2.20. The number of β-amino-alcohol motifs (C(OH)–C–C–N with tert-alkyl or cyclic N) is 1. The third kappa shape index (κ3) is 2.16. The van der Waals surface area contributed by atoms with Gasteiger partial charge in [-0.1, -0.05) is 0 Å². The van der Waals surface area contributed by atoms with Crippen LogP contribution in [0.15, 0.2) is 12.3 Å². The van der Waals surface area contributed by atoms with Crippen LogP contribution in [0.4, 0.5) is 11.5 Å². The fraction of sp³-hybridized carbons (Fsp3) is 0.400. The van der Waals surface area contributed by atoms with Gasteiger partial charge in [-0.25, -0.2) is 4.98 Å². The van der Waals surface area contributed by atoms with Gasteiger partial charge in [-0.3, -0.25) is 10.1 Å². The van der Waals surface area contributed by atoms with Crippen molar-refractivity contribution in [3.8, 4) is 6.07 Å². The van der Waals surface area contributed by atoms with E-state index in [2.05, 4.69) is 4.98 Å². The summed E-state index contributed by atoms with van der Waals surface area (Å²) in [5, 5.41) is 29.0. The summed E-state index contributed by atoms with van der Waals surface area (Å²) in [5.41, 5.74) is -0.0432. The molecule has 0 saturated carbocycles. The highest BCUT2D eigenvalue weighted by Gasteiger charge is 2.27. The SMILES string of the molecule is N#Cc1cnc(N2CC[C@H](O)C2)c([N+](=O)[O-])c1. The van der Waals surface area contributed by atoms with Crippen LogP contribution in [0, 0.1) is 21.4 Å². The third-order valence-electron chi connectivity index (χ3n) is 2.64. The van der Waals surface area contributed by atoms with E-state index in [1.807, 2.05) is 6.07 Å². The number of nitriles is 1. The summed E-state index contributed by atoms with van der Waals surface area (Å²) in [6.45, 7) is 0.862. The summed E-state index contributed by atoms with van der Waals surface area (Å²) in [6, 6.07) is 3.02. The Bertz CT molecular complexity index is 497. The van der Waals surface area contributed by atoms with Gasteiger partial charge < -0.3 is 10.0 Å². The molecular formula is C10H10N4O3. The standard InChI is InChI=1S/C10H10N4O3/c11-4-7-3-9(14(16)17)10(12-5-7)13-2-1-8(15)6-13/h3,5,8,15H,1-2,6H2/t8-/m0/s1. The lowest BCUT2D eigenvalue weighted by atomic mass is 10.2. The number of nitrogens with zero attached hydrogens (tertiary/aromatic N) is 4. The van der Waals surface area contributed by atoms with Gasteiger partial charge >= 0.3 is 5.69 Å². The first-order valence-corrected chi connectivity index (χ1v) is 5.09. The molecule has 0 aliphatic carbocycles. The van der Waals surface area contributed by atoms with Crippen LogP contribution in [0.5, 0.6) is 0 Å². The van der Waals surface area contributed by atoms with Gasteiger partial charge in [0.15, 0.2) is 0 Å². The number of anilines is 1. The molecule has 7 nitrogen and oxygen atoms in total. The molecule has 88 valence electrons. The van der Waals surface area contributed by atoms with E-state index >= 15 is 0 Å². The van der Waals surface area contributed by atoms with E-state index in [-0.39, 0.29) is 17.1 Å². The second-order valence-electron chi connectivity index (χ2n) is 3.82. The van der Waals surface area contributed by atoms with Crippen LogP contribution in [0.1, 0.15) is 12.0 Å². The van der Waals surface area contributed by atoms with Gasteiger partial charge in [-0.2, -0.15) is 5.26 Å². The Kier molecular flexibility index (Phi) is 2.89. The van der Waals surface area contributed by atoms with Crippen molar-refractivity contribution in [2.45, 2.75) is 12.5 Å². The minimum absolute atomic E-state index is 0.153. The average molecular weight is 234 g/mol. The summed E-state index contributed by atoms with van der Waals surface area (Å²) >= 11 is 0. The number of aliphatic hydroxyl groups excluding tert-OH is 1. The van der Waals surface area contributed by atoms with Crippen molar-refractivity contribution in [1.82, 2.24) is 4.98 Å². The summed E-state index contributed by atoms with van der Waals surface area (Å²) < 4.78 is 0. The molecule has 1 aliphatic heterocycles. The van der Waals surface area contributed by atoms with Crippen molar-refractivity contribution in [1.29, 1.82) is 5.26 Å². The first-order valence-electron chi connectivity index (χ1n) is 5.09. The largest absolute Gasteiger partial charge is 0.391 e. The normalized spacial score (nSPS) is 19.1. The van der Waals surface area contributed by atoms with Gasteiger partial charge in [0.2, 0.25) is 5.82 Å². The minimum Gasteiger partial charge on any atom is -0.391 e. The molecule has 7 heteroatoms. The third-order valence-corrected chi connectivity index (χ3v) is 2.64. The van der Waals surface area contributed by atoms with Gasteiger partial charge in [0.25, 0.3) is 0 Å². The van der Waals surface area contributed by atoms with Gasteiger partial charge in [0.1, 0.15) is 6.07 Å². The molecule has 0 spiro atoms. The quantitative estimate of drug-likeness (QED) is 0.588. The van der Waals surface area contributed by atoms with Crippen LogP contribution in [0.25, 0.3) is 0 Å². The zero-order valence-electron chi connectivity index (χ0n) is 8.91. The van der Waals surface area contributed by atoms with E-state index in [9.17, 15) is 15.2 Å². The van der Waals surface area contributed by atoms with Crippen molar-refractivity contribution < 1.29 is 10.0 Å². The number of pyridine rings is 1. The van der Waals surface area contributed by atoms with Crippen molar-refractivity contribution >= 4 is 11.5 Å². The Balaban J connectivity index is 2.40. The molecule has 0 aromatic carbocycles. The number of hydrogen-bond donors (Lipinski definition) is 1. The summed E-state index contributed by atoms with van der Waals surface area (Å²) in [7, 11) is 0. The molecule has 0 bridgehead atoms. The number of hydrogen-bond acceptors (Lipinski definition) is 6. The van der Waals surface area contributed by atoms with Gasteiger partial charge in [-0.05, 0) is 6.42 Å². The number of rotatable bonds is 2. The van der Waals surface area contributed by atoms with Crippen molar-refractivity contribution in [2.24, 2.45) is 0 Å². The molecule has 1 aromatic heterocycles. The number of aromatic nitrogens is 1. The van der Waals surface area contributed by atoms with E-state index in [1.54, 1.807) is 4.90 Å². The van der Waals surface area contributed by atoms with Crippen LogP contribution in [0.3, 0.4) is 0 Å². The predicted octanol–water partition coefficient (Wildman–Crippen LogP) is 0.432. The summed E-state index contributed by atoms with van der Waals surface area (Å²) in [6.07, 6.45) is 1.39. The van der Waals surface area contributed by atoms with E-state index in [4.69, 9.17) is 5.26 Å². The molecule has 1 saturated heterocycles. The van der Waals surface area contributed by atoms with E-state index in [0.717, 1.165) is 0 Å². The van der Waals surface area contributed by atoms with Gasteiger partial charge in [0, 0.05) is 25.4 Å².